The molecule has 0 aliphatic heterocycles. The van der Waals surface area contributed by atoms with Gasteiger partial charge >= 0.3 is 0 Å². The summed E-state index contributed by atoms with van der Waals surface area (Å²) < 4.78 is 3.08. The van der Waals surface area contributed by atoms with Crippen LogP contribution in [0.4, 0.5) is 0 Å². The van der Waals surface area contributed by atoms with Gasteiger partial charge in [0.05, 0.1) is 15.9 Å². The van der Waals surface area contributed by atoms with Gasteiger partial charge in [0.25, 0.3) is 0 Å². The Kier molecular flexibility index (Phi) is 2.79. The highest BCUT2D eigenvalue weighted by atomic mass is 32.1. The standard InChI is InChI=1S/C18H16N4S/c1-22-10-13-7-12(9-19-18(13)21-22)14-5-6-16-15(20-14)8-17(23-16)11-3-2-4-11/h5-11H,2-4H2,1H3. The molecule has 4 nitrogen and oxygen atoms in total. The molecule has 114 valence electrons. The maximum Gasteiger partial charge on any atom is 0.181 e. The number of fused-ring (bicyclic) bond motifs is 2. The van der Waals surface area contributed by atoms with Crippen LogP contribution in [-0.2, 0) is 7.05 Å². The lowest BCUT2D eigenvalue weighted by Gasteiger charge is -2.23. The van der Waals surface area contributed by atoms with Gasteiger partial charge in [0.2, 0.25) is 0 Å². The highest BCUT2D eigenvalue weighted by molar-refractivity contribution is 7.19. The van der Waals surface area contributed by atoms with E-state index in [0.29, 0.717) is 0 Å². The first-order valence-electron chi connectivity index (χ1n) is 7.96. The molecule has 0 amide bonds. The average molecular weight is 320 g/mol. The van der Waals surface area contributed by atoms with E-state index in [0.717, 1.165) is 33.7 Å². The Hall–Kier alpha value is -2.27. The molecule has 0 unspecified atom stereocenters. The molecule has 0 aromatic carbocycles. The molecule has 5 heteroatoms. The number of hydrogen-bond acceptors (Lipinski definition) is 4. The smallest absolute Gasteiger partial charge is 0.181 e. The molecule has 5 rings (SSSR count). The molecule has 1 saturated carbocycles. The molecule has 1 aliphatic carbocycles. The van der Waals surface area contributed by atoms with E-state index in [2.05, 4.69) is 34.3 Å². The molecular formula is C18H16N4S. The van der Waals surface area contributed by atoms with Crippen LogP contribution in [0.5, 0.6) is 0 Å². The average Bonchev–Trinajstić information content (AvgIpc) is 3.05. The molecule has 0 spiro atoms. The first kappa shape index (κ1) is 13.2. The number of aromatic nitrogens is 4. The fourth-order valence-electron chi connectivity index (χ4n) is 3.17. The number of aryl methyl sites for hydroxylation is 1. The Morgan fingerprint density at radius 2 is 2.13 bits per heavy atom. The minimum Gasteiger partial charge on any atom is -0.273 e. The van der Waals surface area contributed by atoms with E-state index in [9.17, 15) is 0 Å². The third-order valence-electron chi connectivity index (χ3n) is 4.67. The molecule has 4 aromatic heterocycles. The minimum absolute atomic E-state index is 0.769. The number of hydrogen-bond donors (Lipinski definition) is 0. The van der Waals surface area contributed by atoms with Crippen LogP contribution < -0.4 is 0 Å². The van der Waals surface area contributed by atoms with Gasteiger partial charge < -0.3 is 0 Å². The molecular weight excluding hydrogens is 304 g/mol. The predicted octanol–water partition coefficient (Wildman–Crippen LogP) is 4.51. The monoisotopic (exact) mass is 320 g/mol. The van der Waals surface area contributed by atoms with Crippen molar-refractivity contribution in [3.05, 3.63) is 41.5 Å². The summed E-state index contributed by atoms with van der Waals surface area (Å²) in [5.74, 6) is 0.769. The number of pyridine rings is 2. The van der Waals surface area contributed by atoms with Crippen molar-refractivity contribution in [3.8, 4) is 11.3 Å². The van der Waals surface area contributed by atoms with Crippen LogP contribution >= 0.6 is 11.3 Å². The molecule has 23 heavy (non-hydrogen) atoms. The van der Waals surface area contributed by atoms with Gasteiger partial charge in [0, 0.05) is 35.3 Å². The lowest BCUT2D eigenvalue weighted by Crippen LogP contribution is -2.06. The van der Waals surface area contributed by atoms with E-state index in [1.807, 2.05) is 30.8 Å². The van der Waals surface area contributed by atoms with Gasteiger partial charge in [0.1, 0.15) is 0 Å². The van der Waals surface area contributed by atoms with Crippen LogP contribution in [0.2, 0.25) is 0 Å². The van der Waals surface area contributed by atoms with E-state index in [1.54, 1.807) is 4.68 Å². The topological polar surface area (TPSA) is 43.6 Å². The summed E-state index contributed by atoms with van der Waals surface area (Å²) in [6, 6.07) is 8.69. The van der Waals surface area contributed by atoms with Gasteiger partial charge in [-0.15, -0.1) is 11.3 Å². The van der Waals surface area contributed by atoms with E-state index >= 15 is 0 Å². The van der Waals surface area contributed by atoms with E-state index in [4.69, 9.17) is 4.98 Å². The summed E-state index contributed by atoms with van der Waals surface area (Å²) in [6.07, 6.45) is 7.89. The zero-order valence-corrected chi connectivity index (χ0v) is 13.7. The second-order valence-corrected chi connectivity index (χ2v) is 7.41. The Balaban J connectivity index is 1.59. The van der Waals surface area contributed by atoms with E-state index < -0.39 is 0 Å². The first-order chi connectivity index (χ1) is 11.3. The Labute approximate surface area is 137 Å². The third-order valence-corrected chi connectivity index (χ3v) is 5.92. The summed E-state index contributed by atoms with van der Waals surface area (Å²) in [5.41, 5.74) is 3.92. The fourth-order valence-corrected chi connectivity index (χ4v) is 4.34. The summed E-state index contributed by atoms with van der Waals surface area (Å²) in [6.45, 7) is 0. The summed E-state index contributed by atoms with van der Waals surface area (Å²) in [7, 11) is 1.92. The second kappa shape index (κ2) is 4.86. The first-order valence-corrected chi connectivity index (χ1v) is 8.78. The van der Waals surface area contributed by atoms with E-state index in [-0.39, 0.29) is 0 Å². The minimum atomic E-state index is 0.769. The molecule has 4 aromatic rings. The van der Waals surface area contributed by atoms with Crippen molar-refractivity contribution < 1.29 is 0 Å². The van der Waals surface area contributed by atoms with Gasteiger partial charge in [-0.1, -0.05) is 6.42 Å². The van der Waals surface area contributed by atoms with Gasteiger partial charge in [-0.3, -0.25) is 4.68 Å². The van der Waals surface area contributed by atoms with Gasteiger partial charge in [0.15, 0.2) is 5.65 Å². The normalized spacial score (nSPS) is 15.3. The molecule has 0 atom stereocenters. The molecule has 0 radical (unpaired) electrons. The summed E-state index contributed by atoms with van der Waals surface area (Å²) >= 11 is 1.90. The fraction of sp³-hybridized carbons (Fsp3) is 0.278. The Morgan fingerprint density at radius 1 is 1.22 bits per heavy atom. The quantitative estimate of drug-likeness (QED) is 0.546. The van der Waals surface area contributed by atoms with E-state index in [1.165, 1.54) is 28.8 Å². The van der Waals surface area contributed by atoms with Crippen molar-refractivity contribution in [2.45, 2.75) is 25.2 Å². The van der Waals surface area contributed by atoms with Crippen LogP contribution in [-0.4, -0.2) is 19.7 Å². The maximum absolute atomic E-state index is 4.86. The Morgan fingerprint density at radius 3 is 2.96 bits per heavy atom. The Bertz CT molecular complexity index is 1030. The largest absolute Gasteiger partial charge is 0.273 e. The zero-order chi connectivity index (χ0) is 15.4. The van der Waals surface area contributed by atoms with Gasteiger partial charge in [-0.05, 0) is 43.0 Å². The molecule has 1 aliphatic rings. The van der Waals surface area contributed by atoms with Crippen molar-refractivity contribution in [2.24, 2.45) is 7.05 Å². The van der Waals surface area contributed by atoms with Crippen LogP contribution in [0.1, 0.15) is 30.1 Å². The number of thiophene rings is 1. The molecule has 4 heterocycles. The van der Waals surface area contributed by atoms with Crippen molar-refractivity contribution >= 4 is 32.6 Å². The lowest BCUT2D eigenvalue weighted by molar-refractivity contribution is 0.426. The highest BCUT2D eigenvalue weighted by Crippen LogP contribution is 2.41. The number of rotatable bonds is 2. The predicted molar refractivity (Wildman–Crippen MR) is 93.7 cm³/mol. The lowest BCUT2D eigenvalue weighted by atomic mass is 9.84. The third kappa shape index (κ3) is 2.15. The molecule has 0 N–H and O–H groups in total. The van der Waals surface area contributed by atoms with Gasteiger partial charge in [-0.2, -0.15) is 5.10 Å². The zero-order valence-electron chi connectivity index (χ0n) is 12.9. The van der Waals surface area contributed by atoms with Crippen LogP contribution in [0.15, 0.2) is 36.7 Å². The molecule has 0 saturated heterocycles. The second-order valence-electron chi connectivity index (χ2n) is 6.30. The highest BCUT2D eigenvalue weighted by Gasteiger charge is 2.21. The maximum atomic E-state index is 4.86. The molecule has 1 fully saturated rings. The summed E-state index contributed by atoms with van der Waals surface area (Å²) in [4.78, 5) is 10.8. The van der Waals surface area contributed by atoms with Crippen molar-refractivity contribution in [2.75, 3.05) is 0 Å². The van der Waals surface area contributed by atoms with Crippen LogP contribution in [0.25, 0.3) is 32.5 Å². The van der Waals surface area contributed by atoms with Crippen molar-refractivity contribution in [1.82, 2.24) is 19.7 Å². The summed E-state index contributed by atoms with van der Waals surface area (Å²) in [5, 5.41) is 5.37. The van der Waals surface area contributed by atoms with Gasteiger partial charge in [-0.25, -0.2) is 9.97 Å². The van der Waals surface area contributed by atoms with Crippen LogP contribution in [0, 0.1) is 0 Å². The molecule has 0 bridgehead atoms. The SMILES string of the molecule is Cn1cc2cc(-c3ccc4sc(C5CCC5)cc4n3)cnc2n1. The van der Waals surface area contributed by atoms with Crippen LogP contribution in [0.3, 0.4) is 0 Å². The van der Waals surface area contributed by atoms with Crippen molar-refractivity contribution in [1.29, 1.82) is 0 Å². The van der Waals surface area contributed by atoms with Crippen molar-refractivity contribution in [3.63, 3.8) is 0 Å². The number of nitrogens with zero attached hydrogens (tertiary/aromatic N) is 4.